The molecule has 4 heterocycles. The minimum Gasteiger partial charge on any atom is -0.507 e. The van der Waals surface area contributed by atoms with Gasteiger partial charge in [-0.25, -0.2) is 14.4 Å². The summed E-state index contributed by atoms with van der Waals surface area (Å²) >= 11 is 6.03. The molecule has 1 saturated carbocycles. The molecule has 0 bridgehead atoms. The van der Waals surface area contributed by atoms with Crippen LogP contribution in [-0.2, 0) is 0 Å². The number of amides is 1. The summed E-state index contributed by atoms with van der Waals surface area (Å²) in [5.74, 6) is -0.328. The lowest BCUT2D eigenvalue weighted by Gasteiger charge is -2.32. The van der Waals surface area contributed by atoms with Crippen molar-refractivity contribution in [3.05, 3.63) is 71.7 Å². The fourth-order valence-electron chi connectivity index (χ4n) is 5.06. The smallest absolute Gasteiger partial charge is 0.270 e. The number of pyridine rings is 2. The van der Waals surface area contributed by atoms with E-state index in [4.69, 9.17) is 11.6 Å². The number of nitrogens with zero attached hydrogens (tertiary/aromatic N) is 6. The Kier molecular flexibility index (Phi) is 6.20. The van der Waals surface area contributed by atoms with Gasteiger partial charge >= 0.3 is 0 Å². The van der Waals surface area contributed by atoms with Crippen LogP contribution in [0, 0.1) is 5.82 Å². The van der Waals surface area contributed by atoms with Gasteiger partial charge in [0.15, 0.2) is 5.82 Å². The Balaban J connectivity index is 1.41. The highest BCUT2D eigenvalue weighted by molar-refractivity contribution is 6.30. The van der Waals surface area contributed by atoms with E-state index in [1.807, 2.05) is 10.6 Å². The third-order valence-electron chi connectivity index (χ3n) is 6.75. The Bertz CT molecular complexity index is 1620. The van der Waals surface area contributed by atoms with Gasteiger partial charge in [-0.3, -0.25) is 19.9 Å². The number of fused-ring (bicyclic) bond motifs is 1. The highest BCUT2D eigenvalue weighted by Gasteiger charge is 2.30. The summed E-state index contributed by atoms with van der Waals surface area (Å²) in [6, 6.07) is 8.82. The number of aromatic hydroxyl groups is 1. The van der Waals surface area contributed by atoms with Crippen molar-refractivity contribution in [2.45, 2.75) is 37.8 Å². The number of carbonyl (C=O) groups excluding carboxylic acids is 1. The summed E-state index contributed by atoms with van der Waals surface area (Å²) < 4.78 is 17.0. The van der Waals surface area contributed by atoms with Crippen molar-refractivity contribution in [1.82, 2.24) is 40.0 Å². The molecule has 10 nitrogen and oxygen atoms in total. The number of halogens is 2. The van der Waals surface area contributed by atoms with Crippen LogP contribution in [0.15, 0.2) is 55.1 Å². The number of H-pyrrole nitrogens is 1. The summed E-state index contributed by atoms with van der Waals surface area (Å²) in [6.07, 6.45) is 7.42. The van der Waals surface area contributed by atoms with Crippen LogP contribution in [0.1, 0.15) is 42.2 Å². The first-order chi connectivity index (χ1) is 18.5. The number of phenols is 1. The number of aromatic nitrogens is 7. The van der Waals surface area contributed by atoms with Gasteiger partial charge in [0.2, 0.25) is 0 Å². The summed E-state index contributed by atoms with van der Waals surface area (Å²) in [5.41, 5.74) is 2.05. The topological polar surface area (TPSA) is 134 Å². The van der Waals surface area contributed by atoms with E-state index in [1.165, 1.54) is 36.8 Å². The summed E-state index contributed by atoms with van der Waals surface area (Å²) in [4.78, 5) is 30.3. The summed E-state index contributed by atoms with van der Waals surface area (Å²) in [5, 5.41) is 20.8. The SMILES string of the molecule is O=C(N[C@H]1CCC[C@@H](n2c(-c3c(O)cccc3F)nc3cnc(-c4ncn[nH]4)cc32)C1)c1cc(Cl)ccn1. The number of hydrogen-bond acceptors (Lipinski definition) is 7. The van der Waals surface area contributed by atoms with Crippen LogP contribution >= 0.6 is 11.6 Å². The number of benzene rings is 1. The second-order valence-corrected chi connectivity index (χ2v) is 9.62. The molecule has 1 aromatic carbocycles. The van der Waals surface area contributed by atoms with Crippen molar-refractivity contribution in [3.63, 3.8) is 0 Å². The Morgan fingerprint density at radius 1 is 1.18 bits per heavy atom. The van der Waals surface area contributed by atoms with Gasteiger partial charge in [-0.15, -0.1) is 0 Å². The van der Waals surface area contributed by atoms with Crippen molar-refractivity contribution < 1.29 is 14.3 Å². The standard InChI is InChI=1S/C26H22ClFN8O2/c27-14-7-8-29-19(9-14)26(38)33-15-3-1-4-16(10-15)36-21-11-18(24-31-13-32-35-24)30-12-20(21)34-25(36)23-17(28)5-2-6-22(23)37/h2,5-9,11-13,15-16,37H,1,3-4,10H2,(H,33,38)(H,31,32,35)/t15-,16+/m0/s1. The van der Waals surface area contributed by atoms with Gasteiger partial charge in [0, 0.05) is 23.3 Å². The summed E-state index contributed by atoms with van der Waals surface area (Å²) in [7, 11) is 0. The Morgan fingerprint density at radius 2 is 2.08 bits per heavy atom. The first kappa shape index (κ1) is 24.0. The molecule has 1 aliphatic carbocycles. The van der Waals surface area contributed by atoms with E-state index >= 15 is 4.39 Å². The summed E-state index contributed by atoms with van der Waals surface area (Å²) in [6.45, 7) is 0. The second-order valence-electron chi connectivity index (χ2n) is 9.18. The molecular weight excluding hydrogens is 511 g/mol. The fraction of sp³-hybridized carbons (Fsp3) is 0.231. The molecule has 1 fully saturated rings. The zero-order chi connectivity index (χ0) is 26.2. The van der Waals surface area contributed by atoms with Crippen molar-refractivity contribution >= 4 is 28.5 Å². The average Bonchev–Trinajstić information content (AvgIpc) is 3.57. The van der Waals surface area contributed by atoms with Gasteiger partial charge in [-0.1, -0.05) is 17.7 Å². The van der Waals surface area contributed by atoms with Crippen molar-refractivity contribution in [3.8, 4) is 28.7 Å². The molecule has 2 atom stereocenters. The number of rotatable bonds is 5. The lowest BCUT2D eigenvalue weighted by atomic mass is 9.90. The second kappa shape index (κ2) is 9.82. The Morgan fingerprint density at radius 3 is 2.87 bits per heavy atom. The van der Waals surface area contributed by atoms with Crippen molar-refractivity contribution in [2.75, 3.05) is 0 Å². The molecule has 0 spiro atoms. The minimum absolute atomic E-state index is 0.0131. The molecule has 5 aromatic rings. The molecule has 0 aliphatic heterocycles. The zero-order valence-corrected chi connectivity index (χ0v) is 20.7. The molecular formula is C26H22ClFN8O2. The zero-order valence-electron chi connectivity index (χ0n) is 20.0. The molecule has 0 radical (unpaired) electrons. The van der Waals surface area contributed by atoms with Crippen LogP contribution in [0.3, 0.4) is 0 Å². The van der Waals surface area contributed by atoms with Gasteiger partial charge < -0.3 is 15.0 Å². The number of imidazole rings is 1. The molecule has 4 aromatic heterocycles. The predicted molar refractivity (Wildman–Crippen MR) is 138 cm³/mol. The number of nitrogens with one attached hydrogen (secondary N) is 2. The van der Waals surface area contributed by atoms with E-state index in [-0.39, 0.29) is 35.0 Å². The normalized spacial score (nSPS) is 17.5. The van der Waals surface area contributed by atoms with E-state index in [1.54, 1.807) is 12.3 Å². The van der Waals surface area contributed by atoms with Crippen LogP contribution in [0.5, 0.6) is 5.75 Å². The highest BCUT2D eigenvalue weighted by Crippen LogP contribution is 2.40. The predicted octanol–water partition coefficient (Wildman–Crippen LogP) is 4.69. The molecule has 6 rings (SSSR count). The lowest BCUT2D eigenvalue weighted by Crippen LogP contribution is -2.39. The first-order valence-corrected chi connectivity index (χ1v) is 12.5. The Labute approximate surface area is 221 Å². The van der Waals surface area contributed by atoms with Crippen LogP contribution in [0.4, 0.5) is 4.39 Å². The quantitative estimate of drug-likeness (QED) is 0.299. The molecule has 0 unspecified atom stereocenters. The number of phenolic OH excluding ortho intramolecular Hbond substituents is 1. The average molecular weight is 533 g/mol. The molecule has 192 valence electrons. The van der Waals surface area contributed by atoms with Crippen LogP contribution in [0.25, 0.3) is 33.9 Å². The molecule has 0 saturated heterocycles. The van der Waals surface area contributed by atoms with Crippen molar-refractivity contribution in [1.29, 1.82) is 0 Å². The molecule has 3 N–H and O–H groups in total. The number of carbonyl (C=O) groups is 1. The number of aromatic amines is 1. The number of hydrogen-bond donors (Lipinski definition) is 3. The molecule has 1 aliphatic rings. The van der Waals surface area contributed by atoms with Crippen LogP contribution < -0.4 is 5.32 Å². The third kappa shape index (κ3) is 4.45. The van der Waals surface area contributed by atoms with Gasteiger partial charge in [0.25, 0.3) is 5.91 Å². The Hall–Kier alpha value is -4.38. The van der Waals surface area contributed by atoms with Crippen LogP contribution in [-0.4, -0.2) is 51.8 Å². The van der Waals surface area contributed by atoms with E-state index in [2.05, 4.69) is 35.5 Å². The van der Waals surface area contributed by atoms with Crippen molar-refractivity contribution in [2.24, 2.45) is 0 Å². The maximum absolute atomic E-state index is 15.1. The maximum atomic E-state index is 15.1. The van der Waals surface area contributed by atoms with Gasteiger partial charge in [-0.05, 0) is 56.0 Å². The first-order valence-electron chi connectivity index (χ1n) is 12.1. The highest BCUT2D eigenvalue weighted by atomic mass is 35.5. The maximum Gasteiger partial charge on any atom is 0.270 e. The minimum atomic E-state index is -0.585. The monoisotopic (exact) mass is 532 g/mol. The third-order valence-corrected chi connectivity index (χ3v) is 6.99. The van der Waals surface area contributed by atoms with Gasteiger partial charge in [0.05, 0.1) is 17.3 Å². The molecule has 12 heteroatoms. The van der Waals surface area contributed by atoms with Gasteiger partial charge in [-0.2, -0.15) is 5.10 Å². The van der Waals surface area contributed by atoms with Crippen LogP contribution in [0.2, 0.25) is 5.02 Å². The van der Waals surface area contributed by atoms with E-state index in [0.717, 1.165) is 19.3 Å². The molecule has 38 heavy (non-hydrogen) atoms. The van der Waals surface area contributed by atoms with E-state index in [0.29, 0.717) is 39.8 Å². The lowest BCUT2D eigenvalue weighted by molar-refractivity contribution is 0.0916. The van der Waals surface area contributed by atoms with E-state index < -0.39 is 5.82 Å². The fourth-order valence-corrected chi connectivity index (χ4v) is 5.21. The molecule has 1 amide bonds. The van der Waals surface area contributed by atoms with Gasteiger partial charge in [0.1, 0.15) is 40.6 Å². The van der Waals surface area contributed by atoms with E-state index in [9.17, 15) is 9.90 Å². The largest absolute Gasteiger partial charge is 0.507 e.